The third-order valence-corrected chi connectivity index (χ3v) is 4.42. The molecule has 1 unspecified atom stereocenters. The standard InChI is InChI=1S/C21H22N2O4/c1-15-7-9-16(10-8-15)19(24)11-12-20(25)22-13-18-14-23(21(26)27-18)17-5-3-2-4-6-17/h2-10,18H,11-14H2,1H3,(H,22,25). The number of ether oxygens (including phenoxy) is 1. The monoisotopic (exact) mass is 366 g/mol. The summed E-state index contributed by atoms with van der Waals surface area (Å²) < 4.78 is 5.29. The van der Waals surface area contributed by atoms with E-state index in [0.717, 1.165) is 11.3 Å². The summed E-state index contributed by atoms with van der Waals surface area (Å²) in [6, 6.07) is 16.5. The van der Waals surface area contributed by atoms with Crippen molar-refractivity contribution in [1.29, 1.82) is 0 Å². The average Bonchev–Trinajstić information content (AvgIpc) is 3.06. The Hall–Kier alpha value is -3.15. The van der Waals surface area contributed by atoms with E-state index in [9.17, 15) is 14.4 Å². The molecule has 1 aliphatic rings. The van der Waals surface area contributed by atoms with Crippen molar-refractivity contribution in [3.8, 4) is 0 Å². The predicted molar refractivity (Wildman–Crippen MR) is 102 cm³/mol. The van der Waals surface area contributed by atoms with E-state index < -0.39 is 12.2 Å². The number of nitrogens with zero attached hydrogens (tertiary/aromatic N) is 1. The SMILES string of the molecule is Cc1ccc(C(=O)CCC(=O)NCC2CN(c3ccccc3)C(=O)O2)cc1. The molecule has 0 radical (unpaired) electrons. The first-order valence-corrected chi connectivity index (χ1v) is 8.92. The summed E-state index contributed by atoms with van der Waals surface area (Å²) in [5.74, 6) is -0.294. The Balaban J connectivity index is 1.42. The highest BCUT2D eigenvalue weighted by Gasteiger charge is 2.32. The first kappa shape index (κ1) is 18.6. The van der Waals surface area contributed by atoms with Gasteiger partial charge in [-0.3, -0.25) is 14.5 Å². The van der Waals surface area contributed by atoms with E-state index in [1.807, 2.05) is 49.4 Å². The Kier molecular flexibility index (Phi) is 5.86. The van der Waals surface area contributed by atoms with E-state index in [1.165, 1.54) is 4.90 Å². The van der Waals surface area contributed by atoms with E-state index in [4.69, 9.17) is 4.74 Å². The quantitative estimate of drug-likeness (QED) is 0.764. The zero-order chi connectivity index (χ0) is 19.2. The molecule has 0 aromatic heterocycles. The number of Topliss-reactive ketones (excluding diaryl/α,β-unsaturated/α-hetero) is 1. The number of benzene rings is 2. The average molecular weight is 366 g/mol. The van der Waals surface area contributed by atoms with E-state index in [-0.39, 0.29) is 31.1 Å². The number of cyclic esters (lactones) is 1. The summed E-state index contributed by atoms with van der Waals surface area (Å²) in [6.45, 7) is 2.56. The summed E-state index contributed by atoms with van der Waals surface area (Å²) in [4.78, 5) is 37.6. The molecule has 0 bridgehead atoms. The van der Waals surface area contributed by atoms with Crippen molar-refractivity contribution in [3.63, 3.8) is 0 Å². The van der Waals surface area contributed by atoms with Crippen molar-refractivity contribution in [2.45, 2.75) is 25.9 Å². The maximum atomic E-state index is 12.1. The molecule has 1 heterocycles. The Morgan fingerprint density at radius 2 is 1.78 bits per heavy atom. The summed E-state index contributed by atoms with van der Waals surface area (Å²) in [7, 11) is 0. The van der Waals surface area contributed by atoms with Gasteiger partial charge in [0, 0.05) is 24.1 Å². The van der Waals surface area contributed by atoms with Gasteiger partial charge >= 0.3 is 6.09 Å². The number of rotatable bonds is 7. The van der Waals surface area contributed by atoms with Crippen LogP contribution >= 0.6 is 0 Å². The Labute approximate surface area is 158 Å². The zero-order valence-corrected chi connectivity index (χ0v) is 15.2. The molecule has 0 aliphatic carbocycles. The smallest absolute Gasteiger partial charge is 0.414 e. The van der Waals surface area contributed by atoms with Crippen molar-refractivity contribution >= 4 is 23.5 Å². The van der Waals surface area contributed by atoms with Gasteiger partial charge < -0.3 is 10.1 Å². The first-order chi connectivity index (χ1) is 13.0. The topological polar surface area (TPSA) is 75.7 Å². The van der Waals surface area contributed by atoms with E-state index in [0.29, 0.717) is 12.1 Å². The van der Waals surface area contributed by atoms with Crippen molar-refractivity contribution < 1.29 is 19.1 Å². The van der Waals surface area contributed by atoms with Crippen LogP contribution in [0, 0.1) is 6.92 Å². The lowest BCUT2D eigenvalue weighted by atomic mass is 10.0. The first-order valence-electron chi connectivity index (χ1n) is 8.92. The zero-order valence-electron chi connectivity index (χ0n) is 15.2. The second-order valence-electron chi connectivity index (χ2n) is 6.55. The van der Waals surface area contributed by atoms with Crippen LogP contribution in [-0.2, 0) is 9.53 Å². The summed E-state index contributed by atoms with van der Waals surface area (Å²) in [5.41, 5.74) is 2.46. The van der Waals surface area contributed by atoms with Crippen LogP contribution in [-0.4, -0.2) is 37.0 Å². The lowest BCUT2D eigenvalue weighted by Crippen LogP contribution is -2.34. The van der Waals surface area contributed by atoms with E-state index in [1.54, 1.807) is 12.1 Å². The number of hydrogen-bond donors (Lipinski definition) is 1. The van der Waals surface area contributed by atoms with Crippen molar-refractivity contribution in [2.75, 3.05) is 18.0 Å². The van der Waals surface area contributed by atoms with Gasteiger partial charge in [0.15, 0.2) is 5.78 Å². The van der Waals surface area contributed by atoms with Gasteiger partial charge in [-0.15, -0.1) is 0 Å². The molecule has 1 atom stereocenters. The minimum atomic E-state index is -0.421. The third kappa shape index (κ3) is 4.94. The Morgan fingerprint density at radius 1 is 1.07 bits per heavy atom. The Morgan fingerprint density at radius 3 is 2.48 bits per heavy atom. The fraction of sp³-hybridized carbons (Fsp3) is 0.286. The van der Waals surface area contributed by atoms with Gasteiger partial charge in [-0.05, 0) is 19.1 Å². The molecule has 6 heteroatoms. The highest BCUT2D eigenvalue weighted by atomic mass is 16.6. The molecule has 6 nitrogen and oxygen atoms in total. The molecule has 1 fully saturated rings. The second-order valence-corrected chi connectivity index (χ2v) is 6.55. The highest BCUT2D eigenvalue weighted by molar-refractivity contribution is 5.98. The normalized spacial score (nSPS) is 16.1. The lowest BCUT2D eigenvalue weighted by Gasteiger charge is -2.12. The second kappa shape index (κ2) is 8.49. The van der Waals surface area contributed by atoms with E-state index in [2.05, 4.69) is 5.32 Å². The third-order valence-electron chi connectivity index (χ3n) is 4.42. The molecule has 2 amide bonds. The number of anilines is 1. The van der Waals surface area contributed by atoms with Gasteiger partial charge in [0.05, 0.1) is 13.1 Å². The molecule has 2 aromatic rings. The molecule has 1 saturated heterocycles. The molecule has 1 N–H and O–H groups in total. The molecular weight excluding hydrogens is 344 g/mol. The van der Waals surface area contributed by atoms with Crippen LogP contribution in [0.1, 0.15) is 28.8 Å². The number of para-hydroxylation sites is 1. The number of amides is 2. The molecule has 140 valence electrons. The summed E-state index contributed by atoms with van der Waals surface area (Å²) >= 11 is 0. The lowest BCUT2D eigenvalue weighted by molar-refractivity contribution is -0.121. The van der Waals surface area contributed by atoms with Gasteiger partial charge in [-0.25, -0.2) is 4.79 Å². The van der Waals surface area contributed by atoms with Crippen LogP contribution in [0.3, 0.4) is 0 Å². The van der Waals surface area contributed by atoms with Gasteiger partial charge in [-0.2, -0.15) is 0 Å². The highest BCUT2D eigenvalue weighted by Crippen LogP contribution is 2.20. The predicted octanol–water partition coefficient (Wildman–Crippen LogP) is 3.10. The molecule has 3 rings (SSSR count). The molecular formula is C21H22N2O4. The van der Waals surface area contributed by atoms with Crippen molar-refractivity contribution in [1.82, 2.24) is 5.32 Å². The number of aryl methyl sites for hydroxylation is 1. The molecule has 0 saturated carbocycles. The maximum absolute atomic E-state index is 12.1. The van der Waals surface area contributed by atoms with Crippen LogP contribution < -0.4 is 10.2 Å². The fourth-order valence-corrected chi connectivity index (χ4v) is 2.87. The van der Waals surface area contributed by atoms with Crippen LogP contribution in [0.15, 0.2) is 54.6 Å². The number of carbonyl (C=O) groups excluding carboxylic acids is 3. The van der Waals surface area contributed by atoms with Crippen LogP contribution in [0.25, 0.3) is 0 Å². The fourth-order valence-electron chi connectivity index (χ4n) is 2.87. The van der Waals surface area contributed by atoms with Gasteiger partial charge in [-0.1, -0.05) is 48.0 Å². The van der Waals surface area contributed by atoms with Crippen LogP contribution in [0.2, 0.25) is 0 Å². The number of ketones is 1. The van der Waals surface area contributed by atoms with Gasteiger partial charge in [0.1, 0.15) is 6.10 Å². The van der Waals surface area contributed by atoms with Crippen LogP contribution in [0.5, 0.6) is 0 Å². The maximum Gasteiger partial charge on any atom is 0.414 e. The minimum Gasteiger partial charge on any atom is -0.442 e. The van der Waals surface area contributed by atoms with Crippen molar-refractivity contribution in [2.24, 2.45) is 0 Å². The number of hydrogen-bond acceptors (Lipinski definition) is 4. The van der Waals surface area contributed by atoms with Gasteiger partial charge in [0.2, 0.25) is 5.91 Å². The summed E-state index contributed by atoms with van der Waals surface area (Å²) in [6.07, 6.45) is -0.574. The van der Waals surface area contributed by atoms with Crippen molar-refractivity contribution in [3.05, 3.63) is 65.7 Å². The number of carbonyl (C=O) groups is 3. The van der Waals surface area contributed by atoms with Gasteiger partial charge in [0.25, 0.3) is 0 Å². The largest absolute Gasteiger partial charge is 0.442 e. The molecule has 0 spiro atoms. The summed E-state index contributed by atoms with van der Waals surface area (Å²) in [5, 5.41) is 2.74. The molecule has 27 heavy (non-hydrogen) atoms. The Bertz CT molecular complexity index is 818. The molecule has 1 aliphatic heterocycles. The van der Waals surface area contributed by atoms with E-state index >= 15 is 0 Å². The number of nitrogens with one attached hydrogen (secondary N) is 1. The molecule has 2 aromatic carbocycles. The minimum absolute atomic E-state index is 0.0623. The van der Waals surface area contributed by atoms with Crippen LogP contribution in [0.4, 0.5) is 10.5 Å².